The average Bonchev–Trinajstić information content (AvgIpc) is 3.06. The smallest absolute Gasteiger partial charge is 0.353 e. The van der Waals surface area contributed by atoms with Crippen molar-refractivity contribution in [3.8, 4) is 0 Å². The number of furan rings is 1. The molecule has 1 aliphatic rings. The lowest BCUT2D eigenvalue weighted by Crippen LogP contribution is -2.37. The summed E-state index contributed by atoms with van der Waals surface area (Å²) < 4.78 is 10.5. The minimum absolute atomic E-state index is 0.129. The van der Waals surface area contributed by atoms with Crippen LogP contribution < -0.4 is 10.2 Å². The van der Waals surface area contributed by atoms with E-state index in [0.29, 0.717) is 44.4 Å². The highest BCUT2D eigenvalue weighted by Gasteiger charge is 2.27. The number of nitrogens with one attached hydrogen (secondary N) is 1. The molecule has 0 atom stereocenters. The summed E-state index contributed by atoms with van der Waals surface area (Å²) in [4.78, 5) is 20.9. The maximum atomic E-state index is 11.5. The second kappa shape index (κ2) is 6.39. The molecule has 1 aliphatic heterocycles. The Balaban J connectivity index is 1.86. The van der Waals surface area contributed by atoms with Gasteiger partial charge in [0.2, 0.25) is 11.6 Å². The molecule has 2 aromatic heterocycles. The molecule has 116 valence electrons. The Hall–Kier alpha value is -2.68. The number of rotatable bonds is 5. The van der Waals surface area contributed by atoms with E-state index in [1.54, 1.807) is 18.4 Å². The standard InChI is InChI=1S/C13H15N5O4/c19-18(20)11-12(14-8-10-2-1-5-22-10)15-9-16-13(11)17-3-6-21-7-4-17/h1-2,5,9H,3-4,6-8H2,(H,14,15,16). The van der Waals surface area contributed by atoms with Crippen molar-refractivity contribution in [2.75, 3.05) is 36.5 Å². The van der Waals surface area contributed by atoms with Gasteiger partial charge in [0.05, 0.1) is 30.9 Å². The van der Waals surface area contributed by atoms with Crippen LogP contribution in [0.4, 0.5) is 17.3 Å². The highest BCUT2D eigenvalue weighted by atomic mass is 16.6. The van der Waals surface area contributed by atoms with E-state index in [1.807, 2.05) is 4.90 Å². The number of morpholine rings is 1. The Morgan fingerprint density at radius 1 is 1.36 bits per heavy atom. The lowest BCUT2D eigenvalue weighted by molar-refractivity contribution is -0.383. The van der Waals surface area contributed by atoms with E-state index in [2.05, 4.69) is 15.3 Å². The number of ether oxygens (including phenoxy) is 1. The summed E-state index contributed by atoms with van der Waals surface area (Å²) in [6.45, 7) is 2.49. The Kier molecular flexibility index (Phi) is 4.15. The maximum Gasteiger partial charge on any atom is 0.353 e. The SMILES string of the molecule is O=[N+]([O-])c1c(NCc2ccco2)ncnc1N1CCOCC1. The van der Waals surface area contributed by atoms with Crippen LogP contribution in [0.15, 0.2) is 29.1 Å². The monoisotopic (exact) mass is 305 g/mol. The first kappa shape index (κ1) is 14.3. The predicted molar refractivity (Wildman–Crippen MR) is 77.8 cm³/mol. The summed E-state index contributed by atoms with van der Waals surface area (Å²) in [6.07, 6.45) is 2.87. The van der Waals surface area contributed by atoms with Gasteiger partial charge in [-0.3, -0.25) is 10.1 Å². The molecule has 0 saturated carbocycles. The number of hydrogen-bond acceptors (Lipinski definition) is 8. The molecule has 22 heavy (non-hydrogen) atoms. The minimum Gasteiger partial charge on any atom is -0.467 e. The van der Waals surface area contributed by atoms with Crippen molar-refractivity contribution in [3.05, 3.63) is 40.6 Å². The fraction of sp³-hybridized carbons (Fsp3) is 0.385. The van der Waals surface area contributed by atoms with Crippen molar-refractivity contribution in [1.82, 2.24) is 9.97 Å². The highest BCUT2D eigenvalue weighted by molar-refractivity contribution is 5.70. The first-order valence-corrected chi connectivity index (χ1v) is 6.84. The average molecular weight is 305 g/mol. The minimum atomic E-state index is -0.463. The quantitative estimate of drug-likeness (QED) is 0.653. The van der Waals surface area contributed by atoms with Crippen LogP contribution in [0, 0.1) is 10.1 Å². The van der Waals surface area contributed by atoms with Gasteiger partial charge in [0.1, 0.15) is 12.1 Å². The van der Waals surface area contributed by atoms with Crippen LogP contribution in [-0.2, 0) is 11.3 Å². The zero-order valence-electron chi connectivity index (χ0n) is 11.8. The Morgan fingerprint density at radius 2 is 2.18 bits per heavy atom. The summed E-state index contributed by atoms with van der Waals surface area (Å²) in [5.74, 6) is 1.16. The first-order valence-electron chi connectivity index (χ1n) is 6.84. The fourth-order valence-electron chi connectivity index (χ4n) is 2.26. The van der Waals surface area contributed by atoms with Gasteiger partial charge in [-0.15, -0.1) is 0 Å². The second-order valence-corrected chi connectivity index (χ2v) is 4.68. The van der Waals surface area contributed by atoms with Crippen molar-refractivity contribution in [1.29, 1.82) is 0 Å². The van der Waals surface area contributed by atoms with Gasteiger partial charge in [-0.25, -0.2) is 9.97 Å². The molecule has 1 saturated heterocycles. The second-order valence-electron chi connectivity index (χ2n) is 4.68. The van der Waals surface area contributed by atoms with E-state index in [0.717, 1.165) is 0 Å². The van der Waals surface area contributed by atoms with Crippen LogP contribution >= 0.6 is 0 Å². The van der Waals surface area contributed by atoms with Gasteiger partial charge in [-0.2, -0.15) is 0 Å². The van der Waals surface area contributed by atoms with Crippen molar-refractivity contribution < 1.29 is 14.1 Å². The summed E-state index contributed by atoms with van der Waals surface area (Å²) in [7, 11) is 0. The summed E-state index contributed by atoms with van der Waals surface area (Å²) >= 11 is 0. The van der Waals surface area contributed by atoms with Gasteiger partial charge in [0, 0.05) is 13.1 Å². The third kappa shape index (κ3) is 2.98. The third-order valence-electron chi connectivity index (χ3n) is 3.31. The van der Waals surface area contributed by atoms with Crippen molar-refractivity contribution in [2.24, 2.45) is 0 Å². The fourth-order valence-corrected chi connectivity index (χ4v) is 2.26. The molecule has 0 spiro atoms. The van der Waals surface area contributed by atoms with Crippen molar-refractivity contribution in [2.45, 2.75) is 6.54 Å². The molecular weight excluding hydrogens is 290 g/mol. The molecule has 3 heterocycles. The predicted octanol–water partition coefficient (Wildman–Crippen LogP) is 1.43. The van der Waals surface area contributed by atoms with Gasteiger partial charge in [0.25, 0.3) is 0 Å². The summed E-state index contributed by atoms with van der Waals surface area (Å²) in [5, 5.41) is 14.4. The number of anilines is 2. The van der Waals surface area contributed by atoms with Gasteiger partial charge in [-0.1, -0.05) is 0 Å². The molecule has 9 nitrogen and oxygen atoms in total. The first-order chi connectivity index (χ1) is 10.8. The molecular formula is C13H15N5O4. The van der Waals surface area contributed by atoms with Gasteiger partial charge in [0.15, 0.2) is 0 Å². The molecule has 0 aromatic carbocycles. The molecule has 0 radical (unpaired) electrons. The molecule has 2 aromatic rings. The highest BCUT2D eigenvalue weighted by Crippen LogP contribution is 2.32. The van der Waals surface area contributed by atoms with Crippen LogP contribution in [0.1, 0.15) is 5.76 Å². The van der Waals surface area contributed by atoms with E-state index < -0.39 is 4.92 Å². The molecule has 3 rings (SSSR count). The Labute approximate surface area is 126 Å². The molecule has 1 N–H and O–H groups in total. The van der Waals surface area contributed by atoms with E-state index in [1.165, 1.54) is 6.33 Å². The van der Waals surface area contributed by atoms with Crippen molar-refractivity contribution in [3.63, 3.8) is 0 Å². The summed E-state index contributed by atoms with van der Waals surface area (Å²) in [5.41, 5.74) is -0.129. The van der Waals surface area contributed by atoms with E-state index >= 15 is 0 Å². The normalized spacial score (nSPS) is 14.8. The number of hydrogen-bond donors (Lipinski definition) is 1. The number of nitrogens with zero attached hydrogens (tertiary/aromatic N) is 4. The third-order valence-corrected chi connectivity index (χ3v) is 3.31. The molecule has 9 heteroatoms. The Bertz CT molecular complexity index is 640. The van der Waals surface area contributed by atoms with Gasteiger partial charge in [-0.05, 0) is 12.1 Å². The zero-order chi connectivity index (χ0) is 15.4. The van der Waals surface area contributed by atoms with Gasteiger partial charge >= 0.3 is 5.69 Å². The van der Waals surface area contributed by atoms with E-state index in [4.69, 9.17) is 9.15 Å². The summed E-state index contributed by atoms with van der Waals surface area (Å²) in [6, 6.07) is 3.54. The number of nitro groups is 1. The Morgan fingerprint density at radius 3 is 2.86 bits per heavy atom. The molecule has 0 amide bonds. The van der Waals surface area contributed by atoms with Crippen LogP contribution in [-0.4, -0.2) is 41.2 Å². The lowest BCUT2D eigenvalue weighted by atomic mass is 10.3. The van der Waals surface area contributed by atoms with E-state index in [9.17, 15) is 10.1 Å². The van der Waals surface area contributed by atoms with E-state index in [-0.39, 0.29) is 11.5 Å². The van der Waals surface area contributed by atoms with Gasteiger partial charge < -0.3 is 19.4 Å². The maximum absolute atomic E-state index is 11.5. The van der Waals surface area contributed by atoms with Crippen LogP contribution in [0.5, 0.6) is 0 Å². The molecule has 1 fully saturated rings. The largest absolute Gasteiger partial charge is 0.467 e. The topological polar surface area (TPSA) is 107 Å². The number of aromatic nitrogens is 2. The van der Waals surface area contributed by atoms with Crippen LogP contribution in [0.3, 0.4) is 0 Å². The molecule has 0 bridgehead atoms. The zero-order valence-corrected chi connectivity index (χ0v) is 11.8. The molecule has 0 aliphatic carbocycles. The van der Waals surface area contributed by atoms with Crippen LogP contribution in [0.25, 0.3) is 0 Å². The lowest BCUT2D eigenvalue weighted by Gasteiger charge is -2.27. The van der Waals surface area contributed by atoms with Crippen LogP contribution in [0.2, 0.25) is 0 Å². The molecule has 0 unspecified atom stereocenters. The van der Waals surface area contributed by atoms with Crippen molar-refractivity contribution >= 4 is 17.3 Å².